The van der Waals surface area contributed by atoms with E-state index in [9.17, 15) is 0 Å². The van der Waals surface area contributed by atoms with Gasteiger partial charge in [-0.2, -0.15) is 0 Å². The molecule has 0 fully saturated rings. The fourth-order valence-electron chi connectivity index (χ4n) is 2.02. The van der Waals surface area contributed by atoms with Crippen LogP contribution in [0.2, 0.25) is 0 Å². The lowest BCUT2D eigenvalue weighted by molar-refractivity contribution is 0.108. The SMILES string of the molecule is CN=C(NCCCOCC(C)C)NCc1ccc(N(C)C)cc1.I. The van der Waals surface area contributed by atoms with E-state index in [1.807, 2.05) is 14.1 Å². The zero-order chi connectivity index (χ0) is 17.1. The first-order chi connectivity index (χ1) is 11.0. The van der Waals surface area contributed by atoms with E-state index in [0.717, 1.165) is 38.7 Å². The third kappa shape index (κ3) is 9.97. The molecule has 0 aliphatic carbocycles. The predicted molar refractivity (Wildman–Crippen MR) is 115 cm³/mol. The number of hydrogen-bond acceptors (Lipinski definition) is 3. The van der Waals surface area contributed by atoms with Gasteiger partial charge in [0.1, 0.15) is 0 Å². The molecule has 0 spiro atoms. The molecule has 2 N–H and O–H groups in total. The highest BCUT2D eigenvalue weighted by molar-refractivity contribution is 14.0. The van der Waals surface area contributed by atoms with Gasteiger partial charge in [-0.15, -0.1) is 24.0 Å². The van der Waals surface area contributed by atoms with Crippen molar-refractivity contribution in [3.63, 3.8) is 0 Å². The molecule has 24 heavy (non-hydrogen) atoms. The monoisotopic (exact) mass is 448 g/mol. The van der Waals surface area contributed by atoms with Gasteiger partial charge in [0.2, 0.25) is 0 Å². The van der Waals surface area contributed by atoms with Crippen LogP contribution in [0.4, 0.5) is 5.69 Å². The van der Waals surface area contributed by atoms with Gasteiger partial charge in [0.05, 0.1) is 0 Å². The summed E-state index contributed by atoms with van der Waals surface area (Å²) in [4.78, 5) is 6.34. The average Bonchev–Trinajstić information content (AvgIpc) is 2.53. The summed E-state index contributed by atoms with van der Waals surface area (Å²) in [6.07, 6.45) is 0.977. The predicted octanol–water partition coefficient (Wildman–Crippen LogP) is 3.10. The van der Waals surface area contributed by atoms with Gasteiger partial charge in [-0.25, -0.2) is 0 Å². The van der Waals surface area contributed by atoms with Crippen molar-refractivity contribution >= 4 is 35.6 Å². The number of halogens is 1. The van der Waals surface area contributed by atoms with Gasteiger partial charge >= 0.3 is 0 Å². The Labute approximate surface area is 164 Å². The molecule has 0 bridgehead atoms. The van der Waals surface area contributed by atoms with Gasteiger partial charge in [0, 0.05) is 53.1 Å². The van der Waals surface area contributed by atoms with Gasteiger partial charge in [0.15, 0.2) is 5.96 Å². The standard InChI is InChI=1S/C18H32N4O.HI/c1-15(2)14-23-12-6-11-20-18(19-3)21-13-16-7-9-17(10-8-16)22(4)5;/h7-10,15H,6,11-14H2,1-5H3,(H2,19,20,21);1H. The first kappa shape index (κ1) is 23.0. The minimum atomic E-state index is 0. The highest BCUT2D eigenvalue weighted by atomic mass is 127. The summed E-state index contributed by atoms with van der Waals surface area (Å²) < 4.78 is 5.57. The fourth-order valence-corrected chi connectivity index (χ4v) is 2.02. The number of nitrogens with one attached hydrogen (secondary N) is 2. The van der Waals surface area contributed by atoms with Crippen molar-refractivity contribution in [2.75, 3.05) is 45.8 Å². The largest absolute Gasteiger partial charge is 0.381 e. The molecular weight excluding hydrogens is 415 g/mol. The molecule has 0 aliphatic rings. The number of benzene rings is 1. The van der Waals surface area contributed by atoms with Crippen LogP contribution in [0.3, 0.4) is 0 Å². The van der Waals surface area contributed by atoms with Gasteiger partial charge in [-0.1, -0.05) is 26.0 Å². The molecule has 1 aromatic rings. The van der Waals surface area contributed by atoms with Crippen molar-refractivity contribution < 1.29 is 4.74 Å². The molecule has 6 heteroatoms. The van der Waals surface area contributed by atoms with Crippen LogP contribution in [0.25, 0.3) is 0 Å². The summed E-state index contributed by atoms with van der Waals surface area (Å²) in [5, 5.41) is 6.64. The van der Waals surface area contributed by atoms with Crippen LogP contribution >= 0.6 is 24.0 Å². The summed E-state index contributed by atoms with van der Waals surface area (Å²) in [5.74, 6) is 1.42. The first-order valence-corrected chi connectivity index (χ1v) is 8.31. The number of guanidine groups is 1. The minimum Gasteiger partial charge on any atom is -0.381 e. The minimum absolute atomic E-state index is 0. The summed E-state index contributed by atoms with van der Waals surface area (Å²) >= 11 is 0. The van der Waals surface area contributed by atoms with E-state index >= 15 is 0 Å². The quantitative estimate of drug-likeness (QED) is 0.264. The maximum atomic E-state index is 5.57. The van der Waals surface area contributed by atoms with Gasteiger partial charge in [-0.3, -0.25) is 4.99 Å². The van der Waals surface area contributed by atoms with Gasteiger partial charge in [0.25, 0.3) is 0 Å². The number of rotatable bonds is 9. The molecule has 0 aromatic heterocycles. The molecule has 0 unspecified atom stereocenters. The van der Waals surface area contributed by atoms with E-state index in [0.29, 0.717) is 5.92 Å². The normalized spacial score (nSPS) is 11.2. The van der Waals surface area contributed by atoms with Crippen LogP contribution < -0.4 is 15.5 Å². The number of ether oxygens (including phenoxy) is 1. The van der Waals surface area contributed by atoms with E-state index in [1.54, 1.807) is 7.05 Å². The zero-order valence-electron chi connectivity index (χ0n) is 15.6. The summed E-state index contributed by atoms with van der Waals surface area (Å²) in [5.41, 5.74) is 2.44. The molecule has 5 nitrogen and oxygen atoms in total. The Morgan fingerprint density at radius 1 is 1.17 bits per heavy atom. The Balaban J connectivity index is 0.00000529. The molecular formula is C18H33IN4O. The molecule has 0 heterocycles. The smallest absolute Gasteiger partial charge is 0.191 e. The van der Waals surface area contributed by atoms with E-state index in [2.05, 4.69) is 58.6 Å². The summed E-state index contributed by atoms with van der Waals surface area (Å²) in [7, 11) is 5.88. The lowest BCUT2D eigenvalue weighted by Crippen LogP contribution is -2.37. The third-order valence-electron chi connectivity index (χ3n) is 3.35. The first-order valence-electron chi connectivity index (χ1n) is 8.31. The van der Waals surface area contributed by atoms with E-state index in [-0.39, 0.29) is 24.0 Å². The number of hydrogen-bond donors (Lipinski definition) is 2. The maximum absolute atomic E-state index is 5.57. The maximum Gasteiger partial charge on any atom is 0.191 e. The second-order valence-corrected chi connectivity index (χ2v) is 6.24. The Morgan fingerprint density at radius 2 is 1.83 bits per heavy atom. The molecule has 0 aliphatic heterocycles. The Hall–Kier alpha value is -1.02. The third-order valence-corrected chi connectivity index (χ3v) is 3.35. The van der Waals surface area contributed by atoms with E-state index < -0.39 is 0 Å². The second kappa shape index (κ2) is 13.3. The van der Waals surface area contributed by atoms with Crippen molar-refractivity contribution in [2.45, 2.75) is 26.8 Å². The molecule has 0 atom stereocenters. The number of anilines is 1. The van der Waals surface area contributed by atoms with Crippen molar-refractivity contribution in [3.05, 3.63) is 29.8 Å². The Morgan fingerprint density at radius 3 is 2.38 bits per heavy atom. The summed E-state index contributed by atoms with van der Waals surface area (Å²) in [6.45, 7) is 7.56. The van der Waals surface area contributed by atoms with Gasteiger partial charge in [-0.05, 0) is 30.0 Å². The Bertz CT molecular complexity index is 461. The second-order valence-electron chi connectivity index (χ2n) is 6.24. The van der Waals surface area contributed by atoms with E-state index in [1.165, 1.54) is 11.3 Å². The molecule has 0 amide bonds. The Kier molecular flexibility index (Phi) is 12.7. The lowest BCUT2D eigenvalue weighted by atomic mass is 10.2. The summed E-state index contributed by atoms with van der Waals surface area (Å²) in [6, 6.07) is 8.52. The number of nitrogens with zero attached hydrogens (tertiary/aromatic N) is 2. The molecule has 1 aromatic carbocycles. The van der Waals surface area contributed by atoms with Crippen LogP contribution in [-0.4, -0.2) is 46.9 Å². The zero-order valence-corrected chi connectivity index (χ0v) is 18.0. The molecule has 0 saturated carbocycles. The van der Waals surface area contributed by atoms with Crippen LogP contribution in [0, 0.1) is 5.92 Å². The average molecular weight is 448 g/mol. The van der Waals surface area contributed by atoms with Crippen LogP contribution in [0.15, 0.2) is 29.3 Å². The van der Waals surface area contributed by atoms with Crippen LogP contribution in [-0.2, 0) is 11.3 Å². The van der Waals surface area contributed by atoms with Gasteiger partial charge < -0.3 is 20.3 Å². The molecule has 1 rings (SSSR count). The highest BCUT2D eigenvalue weighted by Crippen LogP contribution is 2.11. The van der Waals surface area contributed by atoms with Crippen molar-refractivity contribution in [1.29, 1.82) is 0 Å². The van der Waals surface area contributed by atoms with Crippen LogP contribution in [0.5, 0.6) is 0 Å². The molecule has 138 valence electrons. The topological polar surface area (TPSA) is 48.9 Å². The fraction of sp³-hybridized carbons (Fsp3) is 0.611. The molecule has 0 radical (unpaired) electrons. The lowest BCUT2D eigenvalue weighted by Gasteiger charge is -2.14. The number of aliphatic imine (C=N–C) groups is 1. The van der Waals surface area contributed by atoms with Crippen molar-refractivity contribution in [3.8, 4) is 0 Å². The van der Waals surface area contributed by atoms with E-state index in [4.69, 9.17) is 4.74 Å². The highest BCUT2D eigenvalue weighted by Gasteiger charge is 2.00. The molecule has 0 saturated heterocycles. The van der Waals surface area contributed by atoms with Crippen molar-refractivity contribution in [2.24, 2.45) is 10.9 Å². The van der Waals surface area contributed by atoms with Crippen molar-refractivity contribution in [1.82, 2.24) is 10.6 Å². The van der Waals surface area contributed by atoms with Crippen LogP contribution in [0.1, 0.15) is 25.8 Å².